The van der Waals surface area contributed by atoms with E-state index in [9.17, 15) is 9.59 Å². The van der Waals surface area contributed by atoms with Crippen LogP contribution in [0.25, 0.3) is 0 Å². The minimum absolute atomic E-state index is 0.0833. The molecule has 0 aliphatic heterocycles. The predicted octanol–water partition coefficient (Wildman–Crippen LogP) is 2.87. The summed E-state index contributed by atoms with van der Waals surface area (Å²) in [6.07, 6.45) is -0.616. The van der Waals surface area contributed by atoms with E-state index in [4.69, 9.17) is 9.47 Å². The average molecular weight is 391 g/mol. The molecule has 0 aliphatic rings. The van der Waals surface area contributed by atoms with Crippen LogP contribution >= 0.6 is 22.6 Å². The van der Waals surface area contributed by atoms with Crippen molar-refractivity contribution in [2.75, 3.05) is 4.61 Å². The number of halogens is 1. The SMILES string of the molecule is CC(C)C(NC(=O)OCI)C(=O)OCc1ccccc1. The topological polar surface area (TPSA) is 64.6 Å². The standard InChI is InChI=1S/C14H18INO4/c1-10(2)12(16-14(18)20-9-15)13(17)19-8-11-6-4-3-5-7-11/h3-7,10,12H,8-9H2,1-2H3,(H,16,18). The van der Waals surface area contributed by atoms with Gasteiger partial charge in [0.15, 0.2) is 0 Å². The van der Waals surface area contributed by atoms with E-state index in [-0.39, 0.29) is 17.1 Å². The number of alkyl halides is 1. The fourth-order valence-electron chi connectivity index (χ4n) is 1.53. The highest BCUT2D eigenvalue weighted by atomic mass is 127. The minimum atomic E-state index is -0.714. The maximum absolute atomic E-state index is 12.0. The molecule has 1 aromatic rings. The van der Waals surface area contributed by atoms with Crippen molar-refractivity contribution in [3.8, 4) is 0 Å². The highest BCUT2D eigenvalue weighted by molar-refractivity contribution is 14.1. The summed E-state index contributed by atoms with van der Waals surface area (Å²) in [5, 5.41) is 2.51. The zero-order chi connectivity index (χ0) is 15.0. The third kappa shape index (κ3) is 5.77. The molecule has 0 fully saturated rings. The first-order valence-corrected chi connectivity index (χ1v) is 7.77. The lowest BCUT2D eigenvalue weighted by Crippen LogP contribution is -2.45. The monoisotopic (exact) mass is 391 g/mol. The van der Waals surface area contributed by atoms with Crippen LogP contribution in [0, 0.1) is 5.92 Å². The van der Waals surface area contributed by atoms with Gasteiger partial charge >= 0.3 is 12.1 Å². The Kier molecular flexibility index (Phi) is 7.35. The normalized spacial score (nSPS) is 11.8. The lowest BCUT2D eigenvalue weighted by molar-refractivity contribution is -0.148. The minimum Gasteiger partial charge on any atom is -0.459 e. The van der Waals surface area contributed by atoms with Gasteiger partial charge < -0.3 is 14.8 Å². The molecule has 20 heavy (non-hydrogen) atoms. The second-order valence-electron chi connectivity index (χ2n) is 4.50. The van der Waals surface area contributed by atoms with Crippen LogP contribution in [0.15, 0.2) is 30.3 Å². The molecular formula is C14H18INO4. The Morgan fingerprint density at radius 2 is 1.85 bits per heavy atom. The first kappa shape index (κ1) is 16.7. The van der Waals surface area contributed by atoms with E-state index in [2.05, 4.69) is 5.32 Å². The van der Waals surface area contributed by atoms with Gasteiger partial charge in [-0.2, -0.15) is 0 Å². The molecule has 0 heterocycles. The molecule has 1 atom stereocenters. The molecule has 0 bridgehead atoms. The second kappa shape index (κ2) is 8.78. The molecule has 0 aromatic heterocycles. The summed E-state index contributed by atoms with van der Waals surface area (Å²) in [5.41, 5.74) is 0.901. The van der Waals surface area contributed by atoms with Crippen LogP contribution in [0.4, 0.5) is 4.79 Å². The number of esters is 1. The van der Waals surface area contributed by atoms with Gasteiger partial charge in [0.2, 0.25) is 0 Å². The number of carbonyl (C=O) groups excluding carboxylic acids is 2. The van der Waals surface area contributed by atoms with Crippen molar-refractivity contribution >= 4 is 34.7 Å². The third-order valence-corrected chi connectivity index (χ3v) is 2.91. The molecule has 1 unspecified atom stereocenters. The molecule has 0 spiro atoms. The third-order valence-electron chi connectivity index (χ3n) is 2.60. The maximum Gasteiger partial charge on any atom is 0.408 e. The van der Waals surface area contributed by atoms with Gasteiger partial charge in [-0.15, -0.1) is 0 Å². The lowest BCUT2D eigenvalue weighted by atomic mass is 10.1. The van der Waals surface area contributed by atoms with Crippen LogP contribution in [-0.2, 0) is 20.9 Å². The fraction of sp³-hybridized carbons (Fsp3) is 0.429. The molecular weight excluding hydrogens is 373 g/mol. The summed E-state index contributed by atoms with van der Waals surface area (Å²) in [6.45, 7) is 3.85. The van der Waals surface area contributed by atoms with Crippen molar-refractivity contribution in [1.29, 1.82) is 0 Å². The predicted molar refractivity (Wildman–Crippen MR) is 83.4 cm³/mol. The smallest absolute Gasteiger partial charge is 0.408 e. The van der Waals surface area contributed by atoms with Crippen molar-refractivity contribution in [2.24, 2.45) is 5.92 Å². The van der Waals surface area contributed by atoms with Gasteiger partial charge in [-0.1, -0.05) is 44.2 Å². The zero-order valence-electron chi connectivity index (χ0n) is 11.5. The first-order chi connectivity index (χ1) is 9.54. The Bertz CT molecular complexity index is 436. The Morgan fingerprint density at radius 1 is 1.20 bits per heavy atom. The number of hydrogen-bond acceptors (Lipinski definition) is 4. The van der Waals surface area contributed by atoms with Gasteiger partial charge in [0.05, 0.1) is 0 Å². The van der Waals surface area contributed by atoms with E-state index >= 15 is 0 Å². The highest BCUT2D eigenvalue weighted by Crippen LogP contribution is 2.07. The maximum atomic E-state index is 12.0. The van der Waals surface area contributed by atoms with Crippen molar-refractivity contribution in [2.45, 2.75) is 26.5 Å². The number of alkyl carbamates (subject to hydrolysis) is 1. The molecule has 6 heteroatoms. The van der Waals surface area contributed by atoms with Crippen molar-refractivity contribution in [3.63, 3.8) is 0 Å². The summed E-state index contributed by atoms with van der Waals surface area (Å²) < 4.78 is 10.2. The molecule has 5 nitrogen and oxygen atoms in total. The molecule has 0 radical (unpaired) electrons. The van der Waals surface area contributed by atoms with Crippen molar-refractivity contribution in [1.82, 2.24) is 5.32 Å². The van der Waals surface area contributed by atoms with Crippen molar-refractivity contribution < 1.29 is 19.1 Å². The van der Waals surface area contributed by atoms with Crippen LogP contribution in [-0.4, -0.2) is 22.7 Å². The summed E-state index contributed by atoms with van der Waals surface area (Å²) in [6, 6.07) is 8.67. The van der Waals surface area contributed by atoms with E-state index in [1.54, 1.807) is 0 Å². The number of carbonyl (C=O) groups is 2. The van der Waals surface area contributed by atoms with Gasteiger partial charge in [0.25, 0.3) is 0 Å². The molecule has 0 saturated heterocycles. The first-order valence-electron chi connectivity index (χ1n) is 6.24. The Labute approximate surface area is 132 Å². The van der Waals surface area contributed by atoms with Crippen molar-refractivity contribution in [3.05, 3.63) is 35.9 Å². The zero-order valence-corrected chi connectivity index (χ0v) is 13.6. The summed E-state index contributed by atoms with van der Waals surface area (Å²) in [4.78, 5) is 23.4. The number of ether oxygens (including phenoxy) is 2. The second-order valence-corrected chi connectivity index (χ2v) is 5.12. The highest BCUT2D eigenvalue weighted by Gasteiger charge is 2.26. The molecule has 110 valence electrons. The van der Waals surface area contributed by atoms with Gasteiger partial charge in [-0.05, 0) is 34.1 Å². The van der Waals surface area contributed by atoms with Gasteiger partial charge in [-0.25, -0.2) is 9.59 Å². The number of amides is 1. The van der Waals surface area contributed by atoms with Crippen LogP contribution in [0.1, 0.15) is 19.4 Å². The molecule has 0 aliphatic carbocycles. The number of nitrogens with one attached hydrogen (secondary N) is 1. The number of benzene rings is 1. The van der Waals surface area contributed by atoms with E-state index in [0.717, 1.165) is 5.56 Å². The Hall–Kier alpha value is -1.31. The molecule has 1 N–H and O–H groups in total. The molecule has 0 saturated carbocycles. The van der Waals surface area contributed by atoms with Crippen LogP contribution < -0.4 is 5.32 Å². The summed E-state index contributed by atoms with van der Waals surface area (Å²) in [5.74, 6) is -0.547. The van der Waals surface area contributed by atoms with E-state index in [1.165, 1.54) is 0 Å². The molecule has 1 aromatic carbocycles. The largest absolute Gasteiger partial charge is 0.459 e. The summed E-state index contributed by atoms with van der Waals surface area (Å²) in [7, 11) is 0. The molecule has 1 amide bonds. The summed E-state index contributed by atoms with van der Waals surface area (Å²) >= 11 is 1.91. The number of rotatable bonds is 6. The Balaban J connectivity index is 2.54. The van der Waals surface area contributed by atoms with E-state index in [0.29, 0.717) is 0 Å². The quantitative estimate of drug-likeness (QED) is 0.460. The van der Waals surface area contributed by atoms with Gasteiger partial charge in [0, 0.05) is 0 Å². The van der Waals surface area contributed by atoms with E-state index < -0.39 is 18.1 Å². The van der Waals surface area contributed by atoms with Crippen LogP contribution in [0.3, 0.4) is 0 Å². The van der Waals surface area contributed by atoms with Crippen LogP contribution in [0.5, 0.6) is 0 Å². The molecule has 1 rings (SSSR count). The van der Waals surface area contributed by atoms with Crippen LogP contribution in [0.2, 0.25) is 0 Å². The Morgan fingerprint density at radius 3 is 2.40 bits per heavy atom. The number of hydrogen-bond donors (Lipinski definition) is 1. The van der Waals surface area contributed by atoms with Gasteiger partial charge in [-0.3, -0.25) is 0 Å². The van der Waals surface area contributed by atoms with Gasteiger partial charge in [0.1, 0.15) is 17.3 Å². The fourth-order valence-corrected chi connectivity index (χ4v) is 1.82. The lowest BCUT2D eigenvalue weighted by Gasteiger charge is -2.20. The van der Waals surface area contributed by atoms with E-state index in [1.807, 2.05) is 66.8 Å². The average Bonchev–Trinajstić information content (AvgIpc) is 2.43.